The number of fused-ring (bicyclic) bond motifs is 1. The van der Waals surface area contributed by atoms with Crippen LogP contribution in [-0.4, -0.2) is 16.8 Å². The molecular weight excluding hydrogens is 350 g/mol. The molecule has 0 N–H and O–H groups in total. The van der Waals surface area contributed by atoms with Crippen molar-refractivity contribution in [1.29, 1.82) is 0 Å². The quantitative estimate of drug-likeness (QED) is 0.628. The molecule has 0 atom stereocenters. The molecule has 1 saturated carbocycles. The van der Waals surface area contributed by atoms with Crippen molar-refractivity contribution in [1.82, 2.24) is 4.90 Å². The highest BCUT2D eigenvalue weighted by atomic mass is 16.3. The number of nitrogens with zero attached hydrogens (tertiary/aromatic N) is 1. The number of hydrogen-bond donors (Lipinski definition) is 0. The zero-order valence-electron chi connectivity index (χ0n) is 16.6. The van der Waals surface area contributed by atoms with Crippen LogP contribution < -0.4 is 5.43 Å². The molecule has 3 aromatic rings. The molecule has 0 saturated heterocycles. The SMILES string of the molecule is Cc1ccc2oc(C(=O)N(Cc3ccc(C(C)C)cc3)C3CC3)cc(=O)c2c1. The number of hydrogen-bond acceptors (Lipinski definition) is 3. The van der Waals surface area contributed by atoms with Gasteiger partial charge in [0.25, 0.3) is 5.91 Å². The van der Waals surface area contributed by atoms with Gasteiger partial charge in [0.1, 0.15) is 5.58 Å². The summed E-state index contributed by atoms with van der Waals surface area (Å²) in [6.45, 7) is 6.78. The van der Waals surface area contributed by atoms with E-state index in [4.69, 9.17) is 4.42 Å². The standard InChI is InChI=1S/C24H25NO3/c1-15(2)18-7-5-17(6-8-18)14-25(19-9-10-19)24(27)23-13-21(26)20-12-16(3)4-11-22(20)28-23/h4-8,11-13,15,19H,9-10,14H2,1-3H3. The van der Waals surface area contributed by atoms with Gasteiger partial charge in [-0.15, -0.1) is 0 Å². The van der Waals surface area contributed by atoms with Gasteiger partial charge >= 0.3 is 0 Å². The zero-order chi connectivity index (χ0) is 19.8. The summed E-state index contributed by atoms with van der Waals surface area (Å²) < 4.78 is 5.82. The van der Waals surface area contributed by atoms with Crippen molar-refractivity contribution in [3.8, 4) is 0 Å². The lowest BCUT2D eigenvalue weighted by Crippen LogP contribution is -2.33. The molecule has 1 aliphatic rings. The fourth-order valence-corrected chi connectivity index (χ4v) is 3.47. The first-order valence-corrected chi connectivity index (χ1v) is 9.86. The molecule has 4 nitrogen and oxygen atoms in total. The molecule has 1 fully saturated rings. The van der Waals surface area contributed by atoms with Crippen molar-refractivity contribution < 1.29 is 9.21 Å². The second-order valence-electron chi connectivity index (χ2n) is 8.04. The minimum atomic E-state index is -0.213. The molecule has 0 spiro atoms. The molecule has 0 unspecified atom stereocenters. The lowest BCUT2D eigenvalue weighted by Gasteiger charge is -2.22. The zero-order valence-corrected chi connectivity index (χ0v) is 16.6. The highest BCUT2D eigenvalue weighted by molar-refractivity contribution is 5.93. The molecule has 2 aromatic carbocycles. The summed E-state index contributed by atoms with van der Waals surface area (Å²) in [4.78, 5) is 27.5. The molecule has 1 heterocycles. The van der Waals surface area contributed by atoms with E-state index in [0.717, 1.165) is 24.0 Å². The van der Waals surface area contributed by atoms with E-state index in [2.05, 4.69) is 38.1 Å². The van der Waals surface area contributed by atoms with Crippen LogP contribution in [0.5, 0.6) is 0 Å². The van der Waals surface area contributed by atoms with Gasteiger partial charge in [-0.05, 0) is 48.9 Å². The van der Waals surface area contributed by atoms with Crippen molar-refractivity contribution in [2.45, 2.75) is 52.1 Å². The van der Waals surface area contributed by atoms with Gasteiger partial charge in [0, 0.05) is 18.7 Å². The second kappa shape index (κ2) is 7.27. The van der Waals surface area contributed by atoms with Gasteiger partial charge in [0.05, 0.1) is 5.39 Å². The maximum atomic E-state index is 13.2. The third kappa shape index (κ3) is 3.72. The van der Waals surface area contributed by atoms with E-state index in [0.29, 0.717) is 23.4 Å². The normalized spacial score (nSPS) is 13.9. The maximum absolute atomic E-state index is 13.2. The number of carbonyl (C=O) groups is 1. The monoisotopic (exact) mass is 375 g/mol. The molecule has 1 aromatic heterocycles. The fourth-order valence-electron chi connectivity index (χ4n) is 3.47. The van der Waals surface area contributed by atoms with E-state index >= 15 is 0 Å². The van der Waals surface area contributed by atoms with Gasteiger partial charge in [0.2, 0.25) is 0 Å². The highest BCUT2D eigenvalue weighted by Crippen LogP contribution is 2.30. The van der Waals surface area contributed by atoms with E-state index in [1.54, 1.807) is 12.1 Å². The first-order valence-electron chi connectivity index (χ1n) is 9.86. The molecule has 4 heteroatoms. The Hall–Kier alpha value is -2.88. The highest BCUT2D eigenvalue weighted by Gasteiger charge is 2.34. The van der Waals surface area contributed by atoms with Crippen molar-refractivity contribution in [3.63, 3.8) is 0 Å². The third-order valence-electron chi connectivity index (χ3n) is 5.34. The van der Waals surface area contributed by atoms with E-state index in [1.807, 2.05) is 17.9 Å². The summed E-state index contributed by atoms with van der Waals surface area (Å²) in [7, 11) is 0. The van der Waals surface area contributed by atoms with Crippen LogP contribution in [0.3, 0.4) is 0 Å². The Morgan fingerprint density at radius 1 is 1.11 bits per heavy atom. The van der Waals surface area contributed by atoms with Gasteiger partial charge in [0.15, 0.2) is 11.2 Å². The van der Waals surface area contributed by atoms with E-state index < -0.39 is 0 Å². The minimum Gasteiger partial charge on any atom is -0.451 e. The van der Waals surface area contributed by atoms with Crippen molar-refractivity contribution in [2.24, 2.45) is 0 Å². The van der Waals surface area contributed by atoms with Gasteiger partial charge < -0.3 is 9.32 Å². The number of carbonyl (C=O) groups excluding carboxylic acids is 1. The van der Waals surface area contributed by atoms with Crippen LogP contribution in [0.15, 0.2) is 57.7 Å². The van der Waals surface area contributed by atoms with E-state index in [-0.39, 0.29) is 23.1 Å². The summed E-state index contributed by atoms with van der Waals surface area (Å²) >= 11 is 0. The van der Waals surface area contributed by atoms with E-state index in [9.17, 15) is 9.59 Å². The largest absolute Gasteiger partial charge is 0.451 e. The molecule has 0 radical (unpaired) electrons. The average molecular weight is 375 g/mol. The van der Waals surface area contributed by atoms with Crippen molar-refractivity contribution >= 4 is 16.9 Å². The van der Waals surface area contributed by atoms with Crippen LogP contribution in [0.2, 0.25) is 0 Å². The predicted molar refractivity (Wildman–Crippen MR) is 111 cm³/mol. The molecule has 28 heavy (non-hydrogen) atoms. The smallest absolute Gasteiger partial charge is 0.290 e. The topological polar surface area (TPSA) is 50.5 Å². The van der Waals surface area contributed by atoms with Crippen LogP contribution in [-0.2, 0) is 6.54 Å². The Labute approximate surface area is 164 Å². The number of amides is 1. The average Bonchev–Trinajstić information content (AvgIpc) is 3.51. The number of aryl methyl sites for hydroxylation is 1. The Bertz CT molecular complexity index is 1080. The second-order valence-corrected chi connectivity index (χ2v) is 8.04. The van der Waals surface area contributed by atoms with Crippen molar-refractivity contribution in [3.05, 3.63) is 81.2 Å². The molecular formula is C24H25NO3. The lowest BCUT2D eigenvalue weighted by atomic mass is 10.0. The van der Waals surface area contributed by atoms with Crippen LogP contribution in [0, 0.1) is 6.92 Å². The van der Waals surface area contributed by atoms with Crippen LogP contribution in [0.4, 0.5) is 0 Å². The number of benzene rings is 2. The van der Waals surface area contributed by atoms with Gasteiger partial charge in [-0.2, -0.15) is 0 Å². The molecule has 4 rings (SSSR count). The fraction of sp³-hybridized carbons (Fsp3) is 0.333. The third-order valence-corrected chi connectivity index (χ3v) is 5.34. The minimum absolute atomic E-state index is 0.118. The first-order chi connectivity index (χ1) is 13.4. The van der Waals surface area contributed by atoms with Gasteiger partial charge in [-0.1, -0.05) is 49.7 Å². The lowest BCUT2D eigenvalue weighted by molar-refractivity contribution is 0.0698. The maximum Gasteiger partial charge on any atom is 0.290 e. The Morgan fingerprint density at radius 2 is 1.82 bits per heavy atom. The summed E-state index contributed by atoms with van der Waals surface area (Å²) in [5.41, 5.74) is 3.64. The Balaban J connectivity index is 1.63. The van der Waals surface area contributed by atoms with Crippen LogP contribution >= 0.6 is 0 Å². The molecule has 144 valence electrons. The Morgan fingerprint density at radius 3 is 2.46 bits per heavy atom. The van der Waals surface area contributed by atoms with E-state index in [1.165, 1.54) is 11.6 Å². The summed E-state index contributed by atoms with van der Waals surface area (Å²) in [5.74, 6) is 0.382. The molecule has 1 aliphatic carbocycles. The van der Waals surface area contributed by atoms with Crippen LogP contribution in [0.25, 0.3) is 11.0 Å². The summed E-state index contributed by atoms with van der Waals surface area (Å²) in [5, 5.41) is 0.513. The number of rotatable bonds is 5. The van der Waals surface area contributed by atoms with Crippen LogP contribution in [0.1, 0.15) is 59.9 Å². The molecule has 0 bridgehead atoms. The molecule has 0 aliphatic heterocycles. The van der Waals surface area contributed by atoms with Gasteiger partial charge in [-0.3, -0.25) is 9.59 Å². The van der Waals surface area contributed by atoms with Gasteiger partial charge in [-0.25, -0.2) is 0 Å². The first kappa shape index (κ1) is 18.5. The summed E-state index contributed by atoms with van der Waals surface area (Å²) in [6.07, 6.45) is 1.99. The van der Waals surface area contributed by atoms with Crippen molar-refractivity contribution in [2.75, 3.05) is 0 Å². The Kier molecular flexibility index (Phi) is 4.80. The predicted octanol–water partition coefficient (Wildman–Crippen LogP) is 5.03. The molecule has 1 amide bonds. The summed E-state index contributed by atoms with van der Waals surface area (Å²) in [6, 6.07) is 15.4.